The van der Waals surface area contributed by atoms with Crippen LogP contribution in [0.2, 0.25) is 0 Å². The van der Waals surface area contributed by atoms with Crippen molar-refractivity contribution in [2.24, 2.45) is 0 Å². The molecule has 2 amide bonds. The quantitative estimate of drug-likeness (QED) is 0.556. The minimum atomic E-state index is -0.773. The Hall–Kier alpha value is -3.12. The zero-order valence-electron chi connectivity index (χ0n) is 17.5. The molecule has 1 fully saturated rings. The van der Waals surface area contributed by atoms with Crippen LogP contribution < -0.4 is 15.0 Å². The van der Waals surface area contributed by atoms with E-state index in [0.717, 1.165) is 31.2 Å². The molecular formula is C25H26N2O3S. The van der Waals surface area contributed by atoms with Crippen LogP contribution in [0.3, 0.4) is 0 Å². The number of ether oxygens (including phenoxy) is 1. The van der Waals surface area contributed by atoms with Gasteiger partial charge in [0.2, 0.25) is 5.91 Å². The highest BCUT2D eigenvalue weighted by Gasteiger charge is 2.35. The van der Waals surface area contributed by atoms with Gasteiger partial charge >= 0.3 is 0 Å². The number of methoxy groups -OCH3 is 1. The summed E-state index contributed by atoms with van der Waals surface area (Å²) in [7, 11) is 1.60. The summed E-state index contributed by atoms with van der Waals surface area (Å²) in [6.07, 6.45) is 4.21. The molecule has 0 bridgehead atoms. The second-order valence-electron chi connectivity index (χ2n) is 7.65. The fraction of sp³-hybridized carbons (Fsp3) is 0.280. The summed E-state index contributed by atoms with van der Waals surface area (Å²) in [5.41, 5.74) is 1.42. The van der Waals surface area contributed by atoms with Crippen LogP contribution in [-0.4, -0.2) is 25.0 Å². The van der Waals surface area contributed by atoms with Crippen molar-refractivity contribution in [1.82, 2.24) is 5.32 Å². The summed E-state index contributed by atoms with van der Waals surface area (Å²) in [6, 6.07) is 19.8. The van der Waals surface area contributed by atoms with Gasteiger partial charge in [0, 0.05) is 11.7 Å². The van der Waals surface area contributed by atoms with E-state index in [2.05, 4.69) is 5.32 Å². The third-order valence-electron chi connectivity index (χ3n) is 5.62. The number of rotatable bonds is 7. The largest absolute Gasteiger partial charge is 0.497 e. The molecule has 5 nitrogen and oxygen atoms in total. The molecule has 0 spiro atoms. The lowest BCUT2D eigenvalue weighted by Gasteiger charge is -2.32. The van der Waals surface area contributed by atoms with Crippen molar-refractivity contribution in [2.75, 3.05) is 12.0 Å². The van der Waals surface area contributed by atoms with Gasteiger partial charge in [-0.3, -0.25) is 14.5 Å². The molecule has 1 saturated carbocycles. The van der Waals surface area contributed by atoms with Crippen molar-refractivity contribution in [2.45, 2.75) is 37.8 Å². The van der Waals surface area contributed by atoms with Crippen molar-refractivity contribution in [1.29, 1.82) is 0 Å². The van der Waals surface area contributed by atoms with Crippen molar-refractivity contribution in [3.05, 3.63) is 82.6 Å². The Morgan fingerprint density at radius 1 is 1.00 bits per heavy atom. The first-order valence-corrected chi connectivity index (χ1v) is 11.4. The molecule has 1 heterocycles. The van der Waals surface area contributed by atoms with E-state index in [4.69, 9.17) is 4.74 Å². The number of hydrogen-bond acceptors (Lipinski definition) is 4. The van der Waals surface area contributed by atoms with E-state index in [9.17, 15) is 9.59 Å². The molecule has 3 aromatic rings. The molecule has 2 aromatic carbocycles. The first kappa shape index (κ1) is 21.1. The average Bonchev–Trinajstić information content (AvgIpc) is 3.52. The number of carbonyl (C=O) groups excluding carboxylic acids is 2. The zero-order chi connectivity index (χ0) is 21.6. The predicted octanol–water partition coefficient (Wildman–Crippen LogP) is 5.20. The Balaban J connectivity index is 1.77. The van der Waals surface area contributed by atoms with Crippen LogP contribution in [0.25, 0.3) is 0 Å². The van der Waals surface area contributed by atoms with E-state index in [1.165, 1.54) is 11.3 Å². The van der Waals surface area contributed by atoms with E-state index < -0.39 is 6.04 Å². The third kappa shape index (κ3) is 4.80. The summed E-state index contributed by atoms with van der Waals surface area (Å²) < 4.78 is 5.28. The standard InChI is InChI=1S/C25H26N2O3S/c1-30-21-15-13-20(14-16-21)27(25(29)22-12-7-17-31-22)23(18-8-3-2-4-9-18)24(28)26-19-10-5-6-11-19/h2-4,7-9,12-17,19,23H,5-6,10-11H2,1H3,(H,26,28)/t23-/m0/s1. The summed E-state index contributed by atoms with van der Waals surface area (Å²) in [5, 5.41) is 5.07. The predicted molar refractivity (Wildman–Crippen MR) is 124 cm³/mol. The molecule has 6 heteroatoms. The van der Waals surface area contributed by atoms with Gasteiger partial charge in [0.05, 0.1) is 12.0 Å². The van der Waals surface area contributed by atoms with Gasteiger partial charge in [0.15, 0.2) is 0 Å². The molecule has 1 N–H and O–H groups in total. The van der Waals surface area contributed by atoms with Gasteiger partial charge < -0.3 is 10.1 Å². The number of nitrogens with zero attached hydrogens (tertiary/aromatic N) is 1. The molecule has 0 saturated heterocycles. The fourth-order valence-electron chi connectivity index (χ4n) is 4.05. The Morgan fingerprint density at radius 3 is 2.32 bits per heavy atom. The number of nitrogens with one attached hydrogen (secondary N) is 1. The van der Waals surface area contributed by atoms with Crippen LogP contribution in [-0.2, 0) is 4.79 Å². The molecule has 160 valence electrons. The van der Waals surface area contributed by atoms with E-state index in [1.54, 1.807) is 30.2 Å². The van der Waals surface area contributed by atoms with Crippen LogP contribution in [0, 0.1) is 0 Å². The normalized spacial score (nSPS) is 14.7. The zero-order valence-corrected chi connectivity index (χ0v) is 18.3. The highest BCUT2D eigenvalue weighted by atomic mass is 32.1. The minimum Gasteiger partial charge on any atom is -0.497 e. The molecule has 0 unspecified atom stereocenters. The lowest BCUT2D eigenvalue weighted by molar-refractivity contribution is -0.123. The number of benzene rings is 2. The van der Waals surface area contributed by atoms with Crippen molar-refractivity contribution < 1.29 is 14.3 Å². The van der Waals surface area contributed by atoms with Gasteiger partial charge in [-0.15, -0.1) is 11.3 Å². The maximum atomic E-state index is 13.6. The monoisotopic (exact) mass is 434 g/mol. The van der Waals surface area contributed by atoms with Crippen molar-refractivity contribution in [3.8, 4) is 5.75 Å². The minimum absolute atomic E-state index is 0.154. The Bertz CT molecular complexity index is 997. The molecule has 1 aliphatic carbocycles. The number of carbonyl (C=O) groups is 2. The Labute approximate surface area is 186 Å². The second-order valence-corrected chi connectivity index (χ2v) is 8.60. The van der Waals surface area contributed by atoms with Gasteiger partial charge in [-0.05, 0) is 54.1 Å². The Morgan fingerprint density at radius 2 is 1.71 bits per heavy atom. The summed E-state index contributed by atoms with van der Waals surface area (Å²) >= 11 is 1.37. The summed E-state index contributed by atoms with van der Waals surface area (Å²) in [6.45, 7) is 0. The van der Waals surface area contributed by atoms with Crippen LogP contribution >= 0.6 is 11.3 Å². The maximum absolute atomic E-state index is 13.6. The second kappa shape index (κ2) is 9.79. The van der Waals surface area contributed by atoms with Gasteiger partial charge in [0.1, 0.15) is 11.8 Å². The topological polar surface area (TPSA) is 58.6 Å². The lowest BCUT2D eigenvalue weighted by atomic mass is 10.0. The summed E-state index contributed by atoms with van der Waals surface area (Å²) in [5.74, 6) is 0.341. The first-order valence-electron chi connectivity index (χ1n) is 10.5. The first-order chi connectivity index (χ1) is 15.2. The number of anilines is 1. The van der Waals surface area contributed by atoms with E-state index >= 15 is 0 Å². The molecule has 4 rings (SSSR count). The lowest BCUT2D eigenvalue weighted by Crippen LogP contribution is -2.46. The number of thiophene rings is 1. The van der Waals surface area contributed by atoms with Crippen molar-refractivity contribution in [3.63, 3.8) is 0 Å². The summed E-state index contributed by atoms with van der Waals surface area (Å²) in [4.78, 5) is 29.4. The number of hydrogen-bond donors (Lipinski definition) is 1. The average molecular weight is 435 g/mol. The smallest absolute Gasteiger partial charge is 0.269 e. The Kier molecular flexibility index (Phi) is 6.67. The fourth-order valence-corrected chi connectivity index (χ4v) is 4.71. The molecule has 1 aromatic heterocycles. The molecule has 1 aliphatic rings. The SMILES string of the molecule is COc1ccc(N(C(=O)c2cccs2)[C@H](C(=O)NC2CCCC2)c2ccccc2)cc1. The van der Waals surface area contributed by atoms with Gasteiger partial charge in [-0.1, -0.05) is 49.2 Å². The molecular weight excluding hydrogens is 408 g/mol. The van der Waals surface area contributed by atoms with Gasteiger partial charge in [-0.25, -0.2) is 0 Å². The van der Waals surface area contributed by atoms with E-state index in [-0.39, 0.29) is 17.9 Å². The van der Waals surface area contributed by atoms with Crippen LogP contribution in [0.4, 0.5) is 5.69 Å². The van der Waals surface area contributed by atoms with Crippen molar-refractivity contribution >= 4 is 28.8 Å². The molecule has 1 atom stereocenters. The highest BCUT2D eigenvalue weighted by molar-refractivity contribution is 7.12. The maximum Gasteiger partial charge on any atom is 0.269 e. The molecule has 0 aliphatic heterocycles. The molecule has 0 radical (unpaired) electrons. The van der Waals surface area contributed by atoms with Gasteiger partial charge in [-0.2, -0.15) is 0 Å². The molecule has 31 heavy (non-hydrogen) atoms. The van der Waals surface area contributed by atoms with Crippen LogP contribution in [0.5, 0.6) is 5.75 Å². The number of amides is 2. The van der Waals surface area contributed by atoms with Crippen LogP contribution in [0.1, 0.15) is 47.0 Å². The van der Waals surface area contributed by atoms with E-state index in [0.29, 0.717) is 16.3 Å². The van der Waals surface area contributed by atoms with Gasteiger partial charge in [0.25, 0.3) is 5.91 Å². The third-order valence-corrected chi connectivity index (χ3v) is 6.48. The highest BCUT2D eigenvalue weighted by Crippen LogP contribution is 2.32. The van der Waals surface area contributed by atoms with E-state index in [1.807, 2.05) is 53.9 Å². The van der Waals surface area contributed by atoms with Crippen LogP contribution in [0.15, 0.2) is 72.1 Å².